The van der Waals surface area contributed by atoms with Crippen LogP contribution in [0.4, 0.5) is 10.5 Å². The molecule has 0 spiro atoms. The number of urea groups is 1. The van der Waals surface area contributed by atoms with Crippen LogP contribution in [0.1, 0.15) is 24.2 Å². The van der Waals surface area contributed by atoms with E-state index in [1.54, 1.807) is 0 Å². The molecule has 0 radical (unpaired) electrons. The van der Waals surface area contributed by atoms with Crippen LogP contribution in [0.2, 0.25) is 0 Å². The maximum atomic E-state index is 11.7. The van der Waals surface area contributed by atoms with E-state index in [0.717, 1.165) is 12.5 Å². The summed E-state index contributed by atoms with van der Waals surface area (Å²) in [7, 11) is -3.32. The second kappa shape index (κ2) is 6.08. The molecule has 8 nitrogen and oxygen atoms in total. The molecule has 1 aromatic rings. The summed E-state index contributed by atoms with van der Waals surface area (Å²) in [6, 6.07) is 0.604. The largest absolute Gasteiger partial charge is 0.478 e. The summed E-state index contributed by atoms with van der Waals surface area (Å²) in [5.41, 5.74) is 0.133. The molecule has 0 bridgehead atoms. The molecule has 2 amide bonds. The minimum Gasteiger partial charge on any atom is -0.478 e. The standard InChI is InChI=1S/C12H17N3O5S/c1-12(2,21(3,19)20)7-14-11(18)15-9-4-8(10(16)17)5-13-6-9/h4-6H,7H2,1-3H3,(H,16,17)(H2,14,15,18). The first-order valence-corrected chi connectivity index (χ1v) is 7.85. The molecular formula is C12H17N3O5S. The van der Waals surface area contributed by atoms with Gasteiger partial charge in [0.2, 0.25) is 0 Å². The minimum atomic E-state index is -3.32. The lowest BCUT2D eigenvalue weighted by atomic mass is 10.2. The molecular weight excluding hydrogens is 298 g/mol. The molecule has 0 aromatic carbocycles. The van der Waals surface area contributed by atoms with Gasteiger partial charge in [0.1, 0.15) is 0 Å². The van der Waals surface area contributed by atoms with E-state index in [1.807, 2.05) is 0 Å². The number of nitrogens with one attached hydrogen (secondary N) is 2. The zero-order valence-electron chi connectivity index (χ0n) is 11.9. The Bertz CT molecular complexity index is 655. The maximum Gasteiger partial charge on any atom is 0.337 e. The Hall–Kier alpha value is -2.16. The average molecular weight is 315 g/mol. The Kier molecular flexibility index (Phi) is 4.89. The fraction of sp³-hybridized carbons (Fsp3) is 0.417. The van der Waals surface area contributed by atoms with Crippen LogP contribution in [-0.2, 0) is 9.84 Å². The summed E-state index contributed by atoms with van der Waals surface area (Å²) in [6.07, 6.45) is 3.53. The monoisotopic (exact) mass is 315 g/mol. The van der Waals surface area contributed by atoms with Gasteiger partial charge < -0.3 is 15.7 Å². The van der Waals surface area contributed by atoms with Crippen molar-refractivity contribution in [3.8, 4) is 0 Å². The number of carboxylic acids is 1. The lowest BCUT2D eigenvalue weighted by Gasteiger charge is -2.22. The first-order chi connectivity index (χ1) is 9.53. The molecule has 21 heavy (non-hydrogen) atoms. The lowest BCUT2D eigenvalue weighted by molar-refractivity contribution is 0.0696. The van der Waals surface area contributed by atoms with Crippen LogP contribution < -0.4 is 10.6 Å². The molecule has 1 aromatic heterocycles. The molecule has 0 unspecified atom stereocenters. The topological polar surface area (TPSA) is 125 Å². The fourth-order valence-corrected chi connectivity index (χ4v) is 1.56. The van der Waals surface area contributed by atoms with Gasteiger partial charge in [-0.2, -0.15) is 0 Å². The van der Waals surface area contributed by atoms with Crippen molar-refractivity contribution >= 4 is 27.5 Å². The van der Waals surface area contributed by atoms with Gasteiger partial charge in [-0.25, -0.2) is 18.0 Å². The van der Waals surface area contributed by atoms with E-state index in [1.165, 1.54) is 26.1 Å². The summed E-state index contributed by atoms with van der Waals surface area (Å²) >= 11 is 0. The molecule has 0 aliphatic carbocycles. The molecule has 116 valence electrons. The van der Waals surface area contributed by atoms with Gasteiger partial charge in [-0.3, -0.25) is 4.98 Å². The van der Waals surface area contributed by atoms with Gasteiger partial charge in [-0.1, -0.05) is 0 Å². The maximum absolute atomic E-state index is 11.7. The molecule has 0 fully saturated rings. The van der Waals surface area contributed by atoms with Gasteiger partial charge in [-0.15, -0.1) is 0 Å². The third-order valence-corrected chi connectivity index (χ3v) is 5.07. The van der Waals surface area contributed by atoms with E-state index >= 15 is 0 Å². The first-order valence-electron chi connectivity index (χ1n) is 5.96. The number of rotatable bonds is 5. The van der Waals surface area contributed by atoms with E-state index in [-0.39, 0.29) is 17.8 Å². The third-order valence-electron chi connectivity index (χ3n) is 2.92. The number of aromatic carboxylic acids is 1. The van der Waals surface area contributed by atoms with Crippen LogP contribution in [0.5, 0.6) is 0 Å². The molecule has 0 saturated heterocycles. The van der Waals surface area contributed by atoms with Crippen molar-refractivity contribution < 1.29 is 23.1 Å². The number of carbonyl (C=O) groups excluding carboxylic acids is 1. The number of carbonyl (C=O) groups is 2. The Morgan fingerprint density at radius 3 is 2.48 bits per heavy atom. The Morgan fingerprint density at radius 1 is 1.33 bits per heavy atom. The number of anilines is 1. The number of sulfone groups is 1. The lowest BCUT2D eigenvalue weighted by Crippen LogP contribution is -2.45. The van der Waals surface area contributed by atoms with Gasteiger partial charge >= 0.3 is 12.0 Å². The average Bonchev–Trinajstić information content (AvgIpc) is 2.35. The minimum absolute atomic E-state index is 0.0655. The van der Waals surface area contributed by atoms with Crippen molar-refractivity contribution in [3.63, 3.8) is 0 Å². The molecule has 0 aliphatic rings. The molecule has 0 aliphatic heterocycles. The van der Waals surface area contributed by atoms with Crippen molar-refractivity contribution in [2.45, 2.75) is 18.6 Å². The van der Waals surface area contributed by atoms with Crippen LogP contribution in [-0.4, -0.2) is 48.1 Å². The summed E-state index contributed by atoms with van der Waals surface area (Å²) in [6.45, 7) is 2.91. The summed E-state index contributed by atoms with van der Waals surface area (Å²) in [5, 5.41) is 13.6. The molecule has 1 rings (SSSR count). The van der Waals surface area contributed by atoms with Gasteiger partial charge in [0.15, 0.2) is 9.84 Å². The number of carboxylic acid groups (broad SMARTS) is 1. The zero-order chi connectivity index (χ0) is 16.3. The smallest absolute Gasteiger partial charge is 0.337 e. The summed E-state index contributed by atoms with van der Waals surface area (Å²) < 4.78 is 21.9. The first kappa shape index (κ1) is 16.9. The number of pyridine rings is 1. The normalized spacial score (nSPS) is 11.8. The Labute approximate surface area is 122 Å². The van der Waals surface area contributed by atoms with Crippen LogP contribution in [0, 0.1) is 0 Å². The van der Waals surface area contributed by atoms with Crippen LogP contribution in [0.25, 0.3) is 0 Å². The molecule has 9 heteroatoms. The molecule has 1 heterocycles. The van der Waals surface area contributed by atoms with Gasteiger partial charge in [0.05, 0.1) is 22.2 Å². The quantitative estimate of drug-likeness (QED) is 0.735. The van der Waals surface area contributed by atoms with E-state index in [9.17, 15) is 18.0 Å². The van der Waals surface area contributed by atoms with Crippen molar-refractivity contribution in [2.75, 3.05) is 18.1 Å². The number of nitrogens with zero attached hydrogens (tertiary/aromatic N) is 1. The third kappa shape index (κ3) is 4.71. The predicted molar refractivity (Wildman–Crippen MR) is 77.1 cm³/mol. The van der Waals surface area contributed by atoms with E-state index < -0.39 is 26.6 Å². The van der Waals surface area contributed by atoms with Crippen LogP contribution in [0.15, 0.2) is 18.5 Å². The highest BCUT2D eigenvalue weighted by Gasteiger charge is 2.30. The number of hydrogen-bond donors (Lipinski definition) is 3. The highest BCUT2D eigenvalue weighted by Crippen LogP contribution is 2.13. The van der Waals surface area contributed by atoms with Gasteiger partial charge in [-0.05, 0) is 19.9 Å². The van der Waals surface area contributed by atoms with Crippen LogP contribution in [0.3, 0.4) is 0 Å². The predicted octanol–water partition coefficient (Wildman–Crippen LogP) is 0.725. The summed E-state index contributed by atoms with van der Waals surface area (Å²) in [5.74, 6) is -1.16. The second-order valence-corrected chi connectivity index (χ2v) is 7.76. The Morgan fingerprint density at radius 2 is 1.95 bits per heavy atom. The van der Waals surface area contributed by atoms with Crippen molar-refractivity contribution in [3.05, 3.63) is 24.0 Å². The van der Waals surface area contributed by atoms with Gasteiger partial charge in [0.25, 0.3) is 0 Å². The molecule has 0 saturated carbocycles. The number of amides is 2. The number of aromatic nitrogens is 1. The van der Waals surface area contributed by atoms with Crippen molar-refractivity contribution in [1.29, 1.82) is 0 Å². The van der Waals surface area contributed by atoms with Crippen molar-refractivity contribution in [1.82, 2.24) is 10.3 Å². The molecule has 3 N–H and O–H groups in total. The van der Waals surface area contributed by atoms with Gasteiger partial charge in [0, 0.05) is 19.0 Å². The fourth-order valence-electron chi connectivity index (χ4n) is 1.22. The highest BCUT2D eigenvalue weighted by atomic mass is 32.2. The number of hydrogen-bond acceptors (Lipinski definition) is 5. The molecule has 0 atom stereocenters. The SMILES string of the molecule is CC(C)(CNC(=O)Nc1cncc(C(=O)O)c1)S(C)(=O)=O. The van der Waals surface area contributed by atoms with E-state index in [2.05, 4.69) is 15.6 Å². The second-order valence-electron chi connectivity index (χ2n) is 5.11. The van der Waals surface area contributed by atoms with E-state index in [4.69, 9.17) is 5.11 Å². The summed E-state index contributed by atoms with van der Waals surface area (Å²) in [4.78, 5) is 26.1. The Balaban J connectivity index is 2.67. The van der Waals surface area contributed by atoms with Crippen molar-refractivity contribution in [2.24, 2.45) is 0 Å². The van der Waals surface area contributed by atoms with Crippen LogP contribution >= 0.6 is 0 Å². The zero-order valence-corrected chi connectivity index (χ0v) is 12.7. The highest BCUT2D eigenvalue weighted by molar-refractivity contribution is 7.92. The van der Waals surface area contributed by atoms with E-state index in [0.29, 0.717) is 0 Å².